The summed E-state index contributed by atoms with van der Waals surface area (Å²) in [6.45, 7) is 5.74. The average Bonchev–Trinajstić information content (AvgIpc) is 2.51. The Labute approximate surface area is 132 Å². The third kappa shape index (κ3) is 7.87. The van der Waals surface area contributed by atoms with E-state index in [4.69, 9.17) is 23.7 Å². The predicted octanol–water partition coefficient (Wildman–Crippen LogP) is 2.04. The van der Waals surface area contributed by atoms with Gasteiger partial charge in [-0.2, -0.15) is 0 Å². The minimum absolute atomic E-state index is 0.305. The van der Waals surface area contributed by atoms with Crippen LogP contribution in [0.25, 0.3) is 0 Å². The van der Waals surface area contributed by atoms with Gasteiger partial charge in [-0.15, -0.1) is 0 Å². The number of ether oxygens (including phenoxy) is 5. The third-order valence-electron chi connectivity index (χ3n) is 3.32. The van der Waals surface area contributed by atoms with Crippen molar-refractivity contribution in [1.82, 2.24) is 0 Å². The Morgan fingerprint density at radius 1 is 0.818 bits per heavy atom. The second-order valence-corrected chi connectivity index (χ2v) is 5.12. The Morgan fingerprint density at radius 2 is 1.41 bits per heavy atom. The van der Waals surface area contributed by atoms with Crippen LogP contribution in [0.4, 0.5) is 0 Å². The van der Waals surface area contributed by atoms with Gasteiger partial charge in [-0.3, -0.25) is 0 Å². The standard InChI is InChI=1S/C17H26O5/c1-2-4-16(5-3-1)14-20-12-10-18-8-9-19-11-13-21-15-17-6-7-22-17/h1-5,17H,6-15H2. The molecule has 0 aromatic heterocycles. The highest BCUT2D eigenvalue weighted by Crippen LogP contribution is 2.10. The monoisotopic (exact) mass is 310 g/mol. The lowest BCUT2D eigenvalue weighted by atomic mass is 10.2. The van der Waals surface area contributed by atoms with Crippen LogP contribution in [0.3, 0.4) is 0 Å². The van der Waals surface area contributed by atoms with Crippen LogP contribution in [0, 0.1) is 0 Å². The van der Waals surface area contributed by atoms with Gasteiger partial charge in [0.2, 0.25) is 0 Å². The van der Waals surface area contributed by atoms with Crippen LogP contribution in [0.1, 0.15) is 12.0 Å². The van der Waals surface area contributed by atoms with Crippen molar-refractivity contribution in [2.75, 3.05) is 52.9 Å². The SMILES string of the molecule is c1ccc(COCCOCCOCCOCC2CCO2)cc1. The predicted molar refractivity (Wildman–Crippen MR) is 82.9 cm³/mol. The molecule has 0 bridgehead atoms. The molecular weight excluding hydrogens is 284 g/mol. The van der Waals surface area contributed by atoms with E-state index in [1.54, 1.807) is 0 Å². The second kappa shape index (κ2) is 11.6. The number of hydrogen-bond acceptors (Lipinski definition) is 5. The van der Waals surface area contributed by atoms with Gasteiger partial charge in [-0.25, -0.2) is 0 Å². The van der Waals surface area contributed by atoms with Gasteiger partial charge in [0.15, 0.2) is 0 Å². The lowest BCUT2D eigenvalue weighted by Crippen LogP contribution is -2.31. The maximum absolute atomic E-state index is 5.52. The molecule has 1 aliphatic rings. The Bertz CT molecular complexity index is 367. The first-order valence-electron chi connectivity index (χ1n) is 7.91. The van der Waals surface area contributed by atoms with E-state index in [0.717, 1.165) is 13.0 Å². The van der Waals surface area contributed by atoms with E-state index in [0.29, 0.717) is 59.0 Å². The van der Waals surface area contributed by atoms with Crippen molar-refractivity contribution in [2.24, 2.45) is 0 Å². The van der Waals surface area contributed by atoms with E-state index in [1.165, 1.54) is 5.56 Å². The number of benzene rings is 1. The molecule has 1 aromatic carbocycles. The van der Waals surface area contributed by atoms with Crippen LogP contribution in [0.2, 0.25) is 0 Å². The van der Waals surface area contributed by atoms with E-state index >= 15 is 0 Å². The fourth-order valence-corrected chi connectivity index (χ4v) is 1.95. The van der Waals surface area contributed by atoms with Crippen LogP contribution < -0.4 is 0 Å². The second-order valence-electron chi connectivity index (χ2n) is 5.12. The number of rotatable bonds is 13. The van der Waals surface area contributed by atoms with E-state index in [-0.39, 0.29) is 0 Å². The minimum Gasteiger partial charge on any atom is -0.377 e. The van der Waals surface area contributed by atoms with Crippen molar-refractivity contribution in [3.8, 4) is 0 Å². The van der Waals surface area contributed by atoms with Gasteiger partial charge in [0.25, 0.3) is 0 Å². The van der Waals surface area contributed by atoms with Gasteiger partial charge in [0.05, 0.1) is 59.0 Å². The molecule has 0 amide bonds. The quantitative estimate of drug-likeness (QED) is 0.522. The Morgan fingerprint density at radius 3 is 2.00 bits per heavy atom. The van der Waals surface area contributed by atoms with Crippen LogP contribution in [-0.2, 0) is 30.3 Å². The van der Waals surface area contributed by atoms with Crippen LogP contribution in [0.15, 0.2) is 30.3 Å². The van der Waals surface area contributed by atoms with Gasteiger partial charge in [-0.05, 0) is 12.0 Å². The Kier molecular flexibility index (Phi) is 9.14. The molecular formula is C17H26O5. The zero-order chi connectivity index (χ0) is 15.3. The van der Waals surface area contributed by atoms with E-state index in [9.17, 15) is 0 Å². The fourth-order valence-electron chi connectivity index (χ4n) is 1.95. The van der Waals surface area contributed by atoms with E-state index in [2.05, 4.69) is 0 Å². The van der Waals surface area contributed by atoms with E-state index < -0.39 is 0 Å². The molecule has 1 unspecified atom stereocenters. The minimum atomic E-state index is 0.305. The molecule has 5 nitrogen and oxygen atoms in total. The van der Waals surface area contributed by atoms with Gasteiger partial charge in [-0.1, -0.05) is 30.3 Å². The average molecular weight is 310 g/mol. The molecule has 1 saturated heterocycles. The molecule has 0 saturated carbocycles. The molecule has 5 heteroatoms. The highest BCUT2D eigenvalue weighted by atomic mass is 16.6. The summed E-state index contributed by atoms with van der Waals surface area (Å²) in [6, 6.07) is 10.1. The molecule has 2 rings (SSSR count). The summed E-state index contributed by atoms with van der Waals surface area (Å²) in [7, 11) is 0. The van der Waals surface area contributed by atoms with Gasteiger partial charge in [0.1, 0.15) is 0 Å². The smallest absolute Gasteiger partial charge is 0.0830 e. The van der Waals surface area contributed by atoms with Crippen LogP contribution in [-0.4, -0.2) is 59.0 Å². The molecule has 124 valence electrons. The van der Waals surface area contributed by atoms with Crippen molar-refractivity contribution >= 4 is 0 Å². The van der Waals surface area contributed by atoms with Crippen molar-refractivity contribution < 1.29 is 23.7 Å². The first-order valence-corrected chi connectivity index (χ1v) is 7.91. The van der Waals surface area contributed by atoms with E-state index in [1.807, 2.05) is 30.3 Å². The maximum Gasteiger partial charge on any atom is 0.0830 e. The lowest BCUT2D eigenvalue weighted by Gasteiger charge is -2.25. The number of hydrogen-bond donors (Lipinski definition) is 0. The molecule has 0 spiro atoms. The Hall–Kier alpha value is -0.980. The summed E-state index contributed by atoms with van der Waals surface area (Å²) in [4.78, 5) is 0. The molecule has 1 atom stereocenters. The summed E-state index contributed by atoms with van der Waals surface area (Å²) in [5.41, 5.74) is 1.18. The zero-order valence-corrected chi connectivity index (χ0v) is 13.1. The summed E-state index contributed by atoms with van der Waals surface area (Å²) >= 11 is 0. The highest BCUT2D eigenvalue weighted by Gasteiger charge is 2.17. The molecule has 0 radical (unpaired) electrons. The third-order valence-corrected chi connectivity index (χ3v) is 3.32. The van der Waals surface area contributed by atoms with Crippen LogP contribution >= 0.6 is 0 Å². The molecule has 1 aromatic rings. The summed E-state index contributed by atoms with van der Waals surface area (Å²) in [5, 5.41) is 0. The van der Waals surface area contributed by atoms with Gasteiger partial charge in [0, 0.05) is 6.61 Å². The normalized spacial score (nSPS) is 17.4. The molecule has 1 heterocycles. The largest absolute Gasteiger partial charge is 0.377 e. The maximum atomic E-state index is 5.52. The molecule has 22 heavy (non-hydrogen) atoms. The summed E-state index contributed by atoms with van der Waals surface area (Å²) in [6.07, 6.45) is 1.42. The van der Waals surface area contributed by atoms with Crippen molar-refractivity contribution in [2.45, 2.75) is 19.1 Å². The van der Waals surface area contributed by atoms with Crippen molar-refractivity contribution in [3.63, 3.8) is 0 Å². The molecule has 0 N–H and O–H groups in total. The van der Waals surface area contributed by atoms with Gasteiger partial charge < -0.3 is 23.7 Å². The topological polar surface area (TPSA) is 46.2 Å². The summed E-state index contributed by atoms with van der Waals surface area (Å²) in [5.74, 6) is 0. The molecule has 0 aliphatic carbocycles. The fraction of sp³-hybridized carbons (Fsp3) is 0.647. The van der Waals surface area contributed by atoms with Crippen LogP contribution in [0.5, 0.6) is 0 Å². The molecule has 1 fully saturated rings. The summed E-state index contributed by atoms with van der Waals surface area (Å²) < 4.78 is 27.0. The van der Waals surface area contributed by atoms with Crippen molar-refractivity contribution in [1.29, 1.82) is 0 Å². The van der Waals surface area contributed by atoms with Crippen molar-refractivity contribution in [3.05, 3.63) is 35.9 Å². The zero-order valence-electron chi connectivity index (χ0n) is 13.1. The molecule has 1 aliphatic heterocycles. The Balaban J connectivity index is 1.27. The first kappa shape index (κ1) is 17.4. The van der Waals surface area contributed by atoms with Gasteiger partial charge >= 0.3 is 0 Å². The lowest BCUT2D eigenvalue weighted by molar-refractivity contribution is -0.0996. The first-order chi connectivity index (χ1) is 10.9. The highest BCUT2D eigenvalue weighted by molar-refractivity contribution is 5.13.